The lowest BCUT2D eigenvalue weighted by atomic mass is 10.2. The SMILES string of the molecule is O=C(NN=Cc1cccc(Oc2ccccc2)c1)c1nn(Cc2ccc(Br)cc2)cc1[N+](=O)[O-]. The van der Waals surface area contributed by atoms with E-state index in [9.17, 15) is 14.9 Å². The monoisotopic (exact) mass is 519 g/mol. The molecule has 1 amide bonds. The molecule has 0 aliphatic rings. The lowest BCUT2D eigenvalue weighted by Gasteiger charge is -2.05. The van der Waals surface area contributed by atoms with Crippen LogP contribution in [0.25, 0.3) is 0 Å². The minimum atomic E-state index is -0.783. The Morgan fingerprint density at radius 1 is 1.09 bits per heavy atom. The van der Waals surface area contributed by atoms with Crippen LogP contribution < -0.4 is 10.2 Å². The van der Waals surface area contributed by atoms with Gasteiger partial charge < -0.3 is 4.74 Å². The average molecular weight is 520 g/mol. The van der Waals surface area contributed by atoms with Crippen molar-refractivity contribution in [3.05, 3.63) is 116 Å². The molecule has 0 saturated heterocycles. The van der Waals surface area contributed by atoms with Gasteiger partial charge in [0.25, 0.3) is 5.91 Å². The largest absolute Gasteiger partial charge is 0.457 e. The standard InChI is InChI=1S/C24H18BrN5O4/c25-19-11-9-17(10-12-19)15-29-16-22(30(32)33)23(28-29)24(31)27-26-14-18-5-4-8-21(13-18)34-20-6-2-1-3-7-20/h1-14,16H,15H2,(H,27,31). The molecular weight excluding hydrogens is 502 g/mol. The Morgan fingerprint density at radius 2 is 1.82 bits per heavy atom. The quantitative estimate of drug-likeness (QED) is 0.196. The number of rotatable bonds is 8. The summed E-state index contributed by atoms with van der Waals surface area (Å²) in [6.07, 6.45) is 2.64. The summed E-state index contributed by atoms with van der Waals surface area (Å²) in [6.45, 7) is 0.277. The Labute approximate surface area is 203 Å². The molecule has 0 saturated carbocycles. The number of halogens is 1. The molecule has 0 bridgehead atoms. The Morgan fingerprint density at radius 3 is 2.56 bits per heavy atom. The summed E-state index contributed by atoms with van der Waals surface area (Å²) in [6, 6.07) is 23.9. The van der Waals surface area contributed by atoms with Gasteiger partial charge in [0.05, 0.1) is 17.7 Å². The van der Waals surface area contributed by atoms with E-state index in [4.69, 9.17) is 4.74 Å². The molecule has 0 aliphatic carbocycles. The van der Waals surface area contributed by atoms with Crippen molar-refractivity contribution in [3.8, 4) is 11.5 Å². The van der Waals surface area contributed by atoms with Crippen molar-refractivity contribution in [2.75, 3.05) is 0 Å². The number of aromatic nitrogens is 2. The number of para-hydroxylation sites is 1. The fraction of sp³-hybridized carbons (Fsp3) is 0.0417. The van der Waals surface area contributed by atoms with Gasteiger partial charge in [-0.15, -0.1) is 0 Å². The van der Waals surface area contributed by atoms with Gasteiger partial charge in [0.15, 0.2) is 0 Å². The molecule has 170 valence electrons. The van der Waals surface area contributed by atoms with E-state index in [0.29, 0.717) is 17.1 Å². The molecule has 10 heteroatoms. The van der Waals surface area contributed by atoms with E-state index in [1.165, 1.54) is 17.1 Å². The van der Waals surface area contributed by atoms with Gasteiger partial charge in [-0.1, -0.05) is 58.4 Å². The Balaban J connectivity index is 1.44. The summed E-state index contributed by atoms with van der Waals surface area (Å²) in [5, 5.41) is 19.4. The second-order valence-corrected chi connectivity index (χ2v) is 8.05. The number of ether oxygens (including phenoxy) is 1. The summed E-state index contributed by atoms with van der Waals surface area (Å²) in [4.78, 5) is 23.3. The number of hydrogen-bond acceptors (Lipinski definition) is 6. The van der Waals surface area contributed by atoms with Crippen LogP contribution in [0.15, 0.2) is 94.6 Å². The van der Waals surface area contributed by atoms with Crippen molar-refractivity contribution in [1.82, 2.24) is 15.2 Å². The van der Waals surface area contributed by atoms with Crippen LogP contribution in [0.2, 0.25) is 0 Å². The highest BCUT2D eigenvalue weighted by Gasteiger charge is 2.25. The van der Waals surface area contributed by atoms with Gasteiger partial charge in [0.1, 0.15) is 17.7 Å². The highest BCUT2D eigenvalue weighted by atomic mass is 79.9. The first-order valence-corrected chi connectivity index (χ1v) is 10.9. The Bertz CT molecular complexity index is 1340. The summed E-state index contributed by atoms with van der Waals surface area (Å²) in [5.41, 5.74) is 3.13. The molecular formula is C24H18BrN5O4. The molecule has 0 spiro atoms. The third-order valence-electron chi connectivity index (χ3n) is 4.63. The first-order valence-electron chi connectivity index (χ1n) is 10.1. The second-order valence-electron chi connectivity index (χ2n) is 7.13. The van der Waals surface area contributed by atoms with Crippen molar-refractivity contribution >= 4 is 33.7 Å². The van der Waals surface area contributed by atoms with E-state index in [-0.39, 0.29) is 12.2 Å². The van der Waals surface area contributed by atoms with E-state index < -0.39 is 16.5 Å². The number of amides is 1. The van der Waals surface area contributed by atoms with Crippen LogP contribution in [-0.2, 0) is 6.54 Å². The van der Waals surface area contributed by atoms with Gasteiger partial charge in [0.2, 0.25) is 5.69 Å². The predicted molar refractivity (Wildman–Crippen MR) is 130 cm³/mol. The van der Waals surface area contributed by atoms with Crippen molar-refractivity contribution in [3.63, 3.8) is 0 Å². The van der Waals surface area contributed by atoms with Gasteiger partial charge in [-0.3, -0.25) is 19.6 Å². The Hall–Kier alpha value is -4.31. The summed E-state index contributed by atoms with van der Waals surface area (Å²) in [5.74, 6) is 0.508. The van der Waals surface area contributed by atoms with Gasteiger partial charge in [0, 0.05) is 4.47 Å². The molecule has 4 rings (SSSR count). The fourth-order valence-electron chi connectivity index (χ4n) is 3.07. The van der Waals surface area contributed by atoms with Crippen molar-refractivity contribution in [1.29, 1.82) is 0 Å². The molecule has 0 atom stereocenters. The number of carbonyl (C=O) groups is 1. The zero-order valence-corrected chi connectivity index (χ0v) is 19.3. The topological polar surface area (TPSA) is 112 Å². The second kappa shape index (κ2) is 10.5. The molecule has 4 aromatic rings. The first kappa shape index (κ1) is 22.9. The average Bonchev–Trinajstić information content (AvgIpc) is 3.26. The molecule has 1 N–H and O–H groups in total. The van der Waals surface area contributed by atoms with Gasteiger partial charge in [-0.25, -0.2) is 5.43 Å². The molecule has 0 aliphatic heterocycles. The van der Waals surface area contributed by atoms with E-state index in [1.54, 1.807) is 24.3 Å². The third kappa shape index (κ3) is 5.93. The van der Waals surface area contributed by atoms with Crippen LogP contribution in [0.3, 0.4) is 0 Å². The molecule has 3 aromatic carbocycles. The van der Waals surface area contributed by atoms with Crippen LogP contribution in [0.4, 0.5) is 5.69 Å². The fourth-order valence-corrected chi connectivity index (χ4v) is 3.33. The van der Waals surface area contributed by atoms with E-state index in [1.807, 2.05) is 54.6 Å². The molecule has 1 aromatic heterocycles. The van der Waals surface area contributed by atoms with Crippen molar-refractivity contribution in [2.45, 2.75) is 6.54 Å². The zero-order valence-electron chi connectivity index (χ0n) is 17.7. The maximum Gasteiger partial charge on any atom is 0.320 e. The minimum absolute atomic E-state index is 0.277. The van der Waals surface area contributed by atoms with E-state index in [0.717, 1.165) is 10.0 Å². The molecule has 0 fully saturated rings. The highest BCUT2D eigenvalue weighted by molar-refractivity contribution is 9.10. The lowest BCUT2D eigenvalue weighted by molar-refractivity contribution is -0.385. The van der Waals surface area contributed by atoms with Crippen molar-refractivity contribution in [2.24, 2.45) is 5.10 Å². The summed E-state index contributed by atoms with van der Waals surface area (Å²) < 4.78 is 8.04. The summed E-state index contributed by atoms with van der Waals surface area (Å²) >= 11 is 3.36. The normalized spacial score (nSPS) is 10.9. The number of nitrogens with zero attached hydrogens (tertiary/aromatic N) is 4. The summed E-state index contributed by atoms with van der Waals surface area (Å²) in [7, 11) is 0. The number of benzene rings is 3. The van der Waals surface area contributed by atoms with E-state index in [2.05, 4.69) is 31.6 Å². The number of nitro groups is 1. The maximum absolute atomic E-state index is 12.5. The molecule has 0 unspecified atom stereocenters. The van der Waals surface area contributed by atoms with Gasteiger partial charge >= 0.3 is 5.69 Å². The first-order chi connectivity index (χ1) is 16.5. The van der Waals surface area contributed by atoms with Crippen LogP contribution in [0, 0.1) is 10.1 Å². The van der Waals surface area contributed by atoms with Crippen LogP contribution in [0.5, 0.6) is 11.5 Å². The predicted octanol–water partition coefficient (Wildman–Crippen LogP) is 5.16. The smallest absolute Gasteiger partial charge is 0.320 e. The molecule has 9 nitrogen and oxygen atoms in total. The maximum atomic E-state index is 12.5. The molecule has 1 heterocycles. The van der Waals surface area contributed by atoms with E-state index >= 15 is 0 Å². The van der Waals surface area contributed by atoms with Gasteiger partial charge in [-0.2, -0.15) is 10.2 Å². The van der Waals surface area contributed by atoms with Crippen molar-refractivity contribution < 1.29 is 14.5 Å². The molecule has 34 heavy (non-hydrogen) atoms. The number of carbonyl (C=O) groups excluding carboxylic acids is 1. The Kier molecular flexibility index (Phi) is 7.09. The third-order valence-corrected chi connectivity index (χ3v) is 5.16. The lowest BCUT2D eigenvalue weighted by Crippen LogP contribution is -2.19. The van der Waals surface area contributed by atoms with Gasteiger partial charge in [-0.05, 0) is 47.5 Å². The number of hydrazone groups is 1. The number of nitrogens with one attached hydrogen (secondary N) is 1. The van der Waals surface area contributed by atoms with Crippen LogP contribution in [0.1, 0.15) is 21.6 Å². The molecule has 0 radical (unpaired) electrons. The zero-order chi connectivity index (χ0) is 23.9. The van der Waals surface area contributed by atoms with Crippen LogP contribution in [-0.4, -0.2) is 26.8 Å². The number of hydrogen-bond donors (Lipinski definition) is 1. The highest BCUT2D eigenvalue weighted by Crippen LogP contribution is 2.21. The van der Waals surface area contributed by atoms with Crippen LogP contribution >= 0.6 is 15.9 Å². The minimum Gasteiger partial charge on any atom is -0.457 e.